The fraction of sp³-hybridized carbons (Fsp3) is 0.0135. The third-order valence-electron chi connectivity index (χ3n) is 16.2. The van der Waals surface area contributed by atoms with Gasteiger partial charge in [-0.1, -0.05) is 170 Å². The Hall–Kier alpha value is -10.1. The molecule has 14 aromatic rings. The van der Waals surface area contributed by atoms with Gasteiger partial charge in [0, 0.05) is 53.7 Å². The molecule has 0 fully saturated rings. The van der Waals surface area contributed by atoms with Gasteiger partial charge >= 0.3 is 0 Å². The number of hydrogen-bond acceptors (Lipinski definition) is 5. The number of furan rings is 2. The number of hydrogen-bond donors (Lipinski definition) is 0. The van der Waals surface area contributed by atoms with E-state index in [1.54, 1.807) is 0 Å². The van der Waals surface area contributed by atoms with Gasteiger partial charge in [-0.3, -0.25) is 0 Å². The van der Waals surface area contributed by atoms with E-state index in [0.717, 1.165) is 118 Å². The average molecular weight is 1030 g/mol. The van der Waals surface area contributed by atoms with Crippen molar-refractivity contribution < 1.29 is 8.83 Å². The molecule has 0 atom stereocenters. The average Bonchev–Trinajstić information content (AvgIpc) is 3.43. The van der Waals surface area contributed by atoms with Crippen molar-refractivity contribution in [1.29, 1.82) is 0 Å². The molecule has 4 aromatic heterocycles. The first kappa shape index (κ1) is 45.2. The van der Waals surface area contributed by atoms with E-state index in [0.29, 0.717) is 0 Å². The Bertz CT molecular complexity index is 4350. The first-order valence-electron chi connectivity index (χ1n) is 26.8. The Kier molecular flexibility index (Phi) is 10.3. The van der Waals surface area contributed by atoms with Gasteiger partial charge in [0.05, 0.1) is 40.7 Å². The van der Waals surface area contributed by atoms with E-state index in [9.17, 15) is 0 Å². The maximum atomic E-state index is 6.33. The molecule has 79 heavy (non-hydrogen) atoms. The van der Waals surface area contributed by atoms with Crippen molar-refractivity contribution in [2.24, 2.45) is 0 Å². The van der Waals surface area contributed by atoms with E-state index in [4.69, 9.17) is 13.8 Å². The van der Waals surface area contributed by atoms with Crippen molar-refractivity contribution in [2.75, 3.05) is 4.90 Å². The van der Waals surface area contributed by atoms with Gasteiger partial charge in [-0.2, -0.15) is 0 Å². The minimum Gasteiger partial charge on any atom is -0.461 e. The molecule has 16 rings (SSSR count). The maximum Gasteiger partial charge on any atom is 0.174 e. The summed E-state index contributed by atoms with van der Waals surface area (Å²) >= 11 is 1.85. The second-order valence-electron chi connectivity index (χ2n) is 20.6. The Labute approximate surface area is 461 Å². The number of nitrogens with zero attached hydrogens (tertiary/aromatic N) is 2. The third-order valence-corrected chi connectivity index (χ3v) is 17.3. The highest BCUT2D eigenvalue weighted by atomic mass is 32.1. The topological polar surface area (TPSA) is 42.4 Å². The molecule has 0 unspecified atom stereocenters. The summed E-state index contributed by atoms with van der Waals surface area (Å²) in [6.07, 6.45) is 3.63. The first-order chi connectivity index (χ1) is 39.1. The second-order valence-corrected chi connectivity index (χ2v) is 21.7. The summed E-state index contributed by atoms with van der Waals surface area (Å²) in [4.78, 5) is 8.13. The summed E-state index contributed by atoms with van der Waals surface area (Å²) in [7, 11) is 0. The fourth-order valence-electron chi connectivity index (χ4n) is 12.7. The summed E-state index contributed by atoms with van der Waals surface area (Å²) in [6, 6.07) is 96.8. The summed E-state index contributed by atoms with van der Waals surface area (Å²) < 4.78 is 15.2. The summed E-state index contributed by atoms with van der Waals surface area (Å²) in [6.45, 7) is 0. The van der Waals surface area contributed by atoms with Crippen LogP contribution in [0.2, 0.25) is 0 Å². The second kappa shape index (κ2) is 18.0. The van der Waals surface area contributed by atoms with Crippen molar-refractivity contribution in [2.45, 2.75) is 5.41 Å². The van der Waals surface area contributed by atoms with Gasteiger partial charge < -0.3 is 13.7 Å². The van der Waals surface area contributed by atoms with Gasteiger partial charge in [0.25, 0.3) is 0 Å². The lowest BCUT2D eigenvalue weighted by Crippen LogP contribution is -2.36. The van der Waals surface area contributed by atoms with Crippen molar-refractivity contribution >= 4 is 48.6 Å². The molecule has 0 amide bonds. The monoisotopic (exact) mass is 1030 g/mol. The zero-order valence-electron chi connectivity index (χ0n) is 42.7. The van der Waals surface area contributed by atoms with Gasteiger partial charge in [-0.15, -0.1) is 11.3 Å². The van der Waals surface area contributed by atoms with Crippen LogP contribution >= 0.6 is 11.3 Å². The van der Waals surface area contributed by atoms with Crippen LogP contribution in [0, 0.1) is 0 Å². The molecule has 0 radical (unpaired) electrons. The summed E-state index contributed by atoms with van der Waals surface area (Å²) in [5, 5.41) is 2.50. The molecule has 1 aliphatic carbocycles. The lowest BCUT2D eigenvalue weighted by atomic mass is 9.64. The maximum absolute atomic E-state index is 6.33. The number of anilines is 3. The number of fused-ring (bicyclic) bond motifs is 13. The first-order valence-corrected chi connectivity index (χ1v) is 27.6. The van der Waals surface area contributed by atoms with Crippen LogP contribution in [0.25, 0.3) is 110 Å². The normalized spacial score (nSPS) is 12.9. The zero-order chi connectivity index (χ0) is 52.0. The number of pyridine rings is 1. The van der Waals surface area contributed by atoms with Gasteiger partial charge in [-0.05, 0) is 158 Å². The van der Waals surface area contributed by atoms with Gasteiger partial charge in [0.1, 0.15) is 0 Å². The molecule has 1 aliphatic heterocycles. The Morgan fingerprint density at radius 2 is 0.772 bits per heavy atom. The van der Waals surface area contributed by atoms with Crippen LogP contribution in [0.4, 0.5) is 17.1 Å². The standard InChI is InChI=1S/C74H46N2O2S/c1-5-17-47(18-6-1)52-39-53(48-19-7-2-8-20-48)42-57(41-52)64-45-56(46-65(75-64)58-43-54(49-21-9-3-10-22-49)40-55(44-58)50-23-11-4-12-24-50)51-29-31-59(32-30-51)76-66-27-15-14-26-61(66)74(62-35-37-77-72(62)73-63(74)36-38-78-73)71-67(76)33-34-69-70(71)60-25-13-16-28-68(60)79-69/h1-46H. The predicted octanol–water partition coefficient (Wildman–Crippen LogP) is 20.5. The highest BCUT2D eigenvalue weighted by Gasteiger charge is 2.55. The van der Waals surface area contributed by atoms with E-state index in [-0.39, 0.29) is 0 Å². The Morgan fingerprint density at radius 1 is 0.329 bits per heavy atom. The van der Waals surface area contributed by atoms with Crippen LogP contribution in [-0.4, -0.2) is 4.98 Å². The molecule has 0 bridgehead atoms. The summed E-state index contributed by atoms with van der Waals surface area (Å²) in [5.41, 5.74) is 22.4. The van der Waals surface area contributed by atoms with E-state index < -0.39 is 5.41 Å². The van der Waals surface area contributed by atoms with Gasteiger partial charge in [-0.25, -0.2) is 4.98 Å². The molecule has 370 valence electrons. The number of para-hydroxylation sites is 1. The molecule has 10 aromatic carbocycles. The van der Waals surface area contributed by atoms with E-state index >= 15 is 0 Å². The molecule has 0 saturated carbocycles. The molecule has 5 heteroatoms. The molecule has 4 nitrogen and oxygen atoms in total. The zero-order valence-corrected chi connectivity index (χ0v) is 43.5. The Balaban J connectivity index is 0.901. The number of rotatable bonds is 8. The smallest absolute Gasteiger partial charge is 0.174 e. The van der Waals surface area contributed by atoms with Crippen LogP contribution in [-0.2, 0) is 5.41 Å². The van der Waals surface area contributed by atoms with Gasteiger partial charge in [0.2, 0.25) is 0 Å². The lowest BCUT2D eigenvalue weighted by Gasteiger charge is -2.44. The molecular formula is C74H46N2O2S. The largest absolute Gasteiger partial charge is 0.461 e. The molecule has 2 aliphatic rings. The number of thiophene rings is 1. The fourth-order valence-corrected chi connectivity index (χ4v) is 13.8. The van der Waals surface area contributed by atoms with E-state index in [2.05, 4.69) is 272 Å². The Morgan fingerprint density at radius 3 is 1.30 bits per heavy atom. The lowest BCUT2D eigenvalue weighted by molar-refractivity contribution is 0.525. The van der Waals surface area contributed by atoms with E-state index in [1.165, 1.54) is 31.3 Å². The van der Waals surface area contributed by atoms with Gasteiger partial charge in [0.15, 0.2) is 11.5 Å². The predicted molar refractivity (Wildman–Crippen MR) is 325 cm³/mol. The number of aromatic nitrogens is 1. The summed E-state index contributed by atoms with van der Waals surface area (Å²) in [5.74, 6) is 1.58. The molecule has 0 saturated heterocycles. The van der Waals surface area contributed by atoms with Crippen LogP contribution in [0.5, 0.6) is 0 Å². The van der Waals surface area contributed by atoms with Crippen LogP contribution in [0.15, 0.2) is 288 Å². The van der Waals surface area contributed by atoms with Crippen molar-refractivity contribution in [3.05, 3.63) is 302 Å². The van der Waals surface area contributed by atoms with E-state index in [1.807, 2.05) is 23.9 Å². The van der Waals surface area contributed by atoms with Crippen LogP contribution in [0.3, 0.4) is 0 Å². The molecule has 0 N–H and O–H groups in total. The van der Waals surface area contributed by atoms with Crippen LogP contribution < -0.4 is 4.90 Å². The highest BCUT2D eigenvalue weighted by molar-refractivity contribution is 7.25. The number of benzene rings is 10. The third kappa shape index (κ3) is 7.17. The molecule has 1 spiro atoms. The SMILES string of the molecule is c1ccc(-c2cc(-c3ccccc3)cc(-c3cc(-c4ccc(N5c6ccccc6C6(c7ccoc7-c7occc76)c6c5ccc5sc7ccccc7c65)cc4)cc(-c4cc(-c5ccccc5)cc(-c5ccccc5)c4)n3)c2)cc1. The van der Waals surface area contributed by atoms with Crippen LogP contribution in [0.1, 0.15) is 22.3 Å². The molecule has 5 heterocycles. The molecular weight excluding hydrogens is 981 g/mol. The van der Waals surface area contributed by atoms with Crippen molar-refractivity contribution in [1.82, 2.24) is 4.98 Å². The quantitative estimate of drug-likeness (QED) is 0.152. The minimum absolute atomic E-state index is 0.684. The van der Waals surface area contributed by atoms with Crippen molar-refractivity contribution in [3.8, 4) is 89.7 Å². The van der Waals surface area contributed by atoms with Crippen molar-refractivity contribution in [3.63, 3.8) is 0 Å². The highest BCUT2D eigenvalue weighted by Crippen LogP contribution is 2.66. The minimum atomic E-state index is -0.684.